The van der Waals surface area contributed by atoms with Crippen LogP contribution in [0.5, 0.6) is 0 Å². The molecule has 2 heterocycles. The molecule has 1 N–H and O–H groups in total. The SMILES string of the molecule is Cc1cc2oc(C(=O)NCC(c3ccc(Cl)cc3)N3CCN(C)CC3)c(C)c2cc1C. The van der Waals surface area contributed by atoms with Gasteiger partial charge in [-0.25, -0.2) is 0 Å². The van der Waals surface area contributed by atoms with Crippen LogP contribution in [0.4, 0.5) is 0 Å². The van der Waals surface area contributed by atoms with Crippen molar-refractivity contribution >= 4 is 28.5 Å². The number of fused-ring (bicyclic) bond motifs is 1. The Balaban J connectivity index is 1.55. The van der Waals surface area contributed by atoms with Gasteiger partial charge in [0.05, 0.1) is 6.04 Å². The first-order valence-electron chi connectivity index (χ1n) is 10.8. The maximum Gasteiger partial charge on any atom is 0.287 e. The van der Waals surface area contributed by atoms with Crippen molar-refractivity contribution in [1.82, 2.24) is 15.1 Å². The first kappa shape index (κ1) is 21.9. The van der Waals surface area contributed by atoms with Crippen molar-refractivity contribution in [3.8, 4) is 0 Å². The molecule has 4 rings (SSSR count). The standard InChI is InChI=1S/C25H30ClN3O2/c1-16-13-21-18(3)24(31-23(21)14-17(16)2)25(30)27-15-22(19-5-7-20(26)8-6-19)29-11-9-28(4)10-12-29/h5-8,13-14,22H,9-12,15H2,1-4H3,(H,27,30). The van der Waals surface area contributed by atoms with E-state index in [1.54, 1.807) is 0 Å². The highest BCUT2D eigenvalue weighted by Gasteiger charge is 2.26. The number of piperazine rings is 1. The third-order valence-corrected chi connectivity index (χ3v) is 6.70. The van der Waals surface area contributed by atoms with Gasteiger partial charge in [-0.15, -0.1) is 0 Å². The van der Waals surface area contributed by atoms with Gasteiger partial charge in [-0.2, -0.15) is 0 Å². The molecule has 1 amide bonds. The topological polar surface area (TPSA) is 48.7 Å². The maximum absolute atomic E-state index is 13.1. The van der Waals surface area contributed by atoms with Gasteiger partial charge < -0.3 is 14.6 Å². The van der Waals surface area contributed by atoms with E-state index >= 15 is 0 Å². The van der Waals surface area contributed by atoms with Crippen LogP contribution in [0.3, 0.4) is 0 Å². The second kappa shape index (κ2) is 9.03. The highest BCUT2D eigenvalue weighted by molar-refractivity contribution is 6.30. The molecule has 1 aliphatic heterocycles. The van der Waals surface area contributed by atoms with E-state index in [9.17, 15) is 4.79 Å². The lowest BCUT2D eigenvalue weighted by Crippen LogP contribution is -2.48. The third-order valence-electron chi connectivity index (χ3n) is 6.45. The van der Waals surface area contributed by atoms with Gasteiger partial charge >= 0.3 is 0 Å². The molecular weight excluding hydrogens is 410 g/mol. The minimum absolute atomic E-state index is 0.0871. The number of benzene rings is 2. The summed E-state index contributed by atoms with van der Waals surface area (Å²) in [7, 11) is 2.14. The summed E-state index contributed by atoms with van der Waals surface area (Å²) in [5, 5.41) is 4.85. The number of hydrogen-bond acceptors (Lipinski definition) is 4. The van der Waals surface area contributed by atoms with Crippen molar-refractivity contribution in [3.63, 3.8) is 0 Å². The molecule has 0 spiro atoms. The first-order valence-corrected chi connectivity index (χ1v) is 11.2. The first-order chi connectivity index (χ1) is 14.8. The largest absolute Gasteiger partial charge is 0.451 e. The number of aryl methyl sites for hydroxylation is 3. The number of amides is 1. The van der Waals surface area contributed by atoms with Crippen LogP contribution >= 0.6 is 11.6 Å². The summed E-state index contributed by atoms with van der Waals surface area (Å²) in [6.45, 7) is 10.5. The van der Waals surface area contributed by atoms with Crippen LogP contribution in [0.25, 0.3) is 11.0 Å². The van der Waals surface area contributed by atoms with Gasteiger partial charge in [0, 0.05) is 48.7 Å². The number of nitrogens with zero attached hydrogens (tertiary/aromatic N) is 2. The number of rotatable bonds is 5. The van der Waals surface area contributed by atoms with E-state index in [4.69, 9.17) is 16.0 Å². The smallest absolute Gasteiger partial charge is 0.287 e. The van der Waals surface area contributed by atoms with Crippen LogP contribution in [0.1, 0.15) is 38.9 Å². The van der Waals surface area contributed by atoms with E-state index in [2.05, 4.69) is 54.2 Å². The summed E-state index contributed by atoms with van der Waals surface area (Å²) < 4.78 is 5.96. The fourth-order valence-corrected chi connectivity index (χ4v) is 4.36. The molecule has 0 aliphatic carbocycles. The van der Waals surface area contributed by atoms with E-state index in [1.807, 2.05) is 25.1 Å². The van der Waals surface area contributed by atoms with Crippen molar-refractivity contribution in [2.24, 2.45) is 0 Å². The Hall–Kier alpha value is -2.34. The molecule has 5 nitrogen and oxygen atoms in total. The van der Waals surface area contributed by atoms with Crippen molar-refractivity contribution < 1.29 is 9.21 Å². The van der Waals surface area contributed by atoms with Gasteiger partial charge in [0.2, 0.25) is 0 Å². The van der Waals surface area contributed by atoms with Gasteiger partial charge in [-0.1, -0.05) is 23.7 Å². The Bertz CT molecular complexity index is 1080. The van der Waals surface area contributed by atoms with Gasteiger partial charge in [0.25, 0.3) is 5.91 Å². The minimum Gasteiger partial charge on any atom is -0.451 e. The molecule has 1 saturated heterocycles. The van der Waals surface area contributed by atoms with Crippen molar-refractivity contribution in [3.05, 3.63) is 69.4 Å². The summed E-state index contributed by atoms with van der Waals surface area (Å²) in [4.78, 5) is 17.8. The lowest BCUT2D eigenvalue weighted by atomic mass is 10.0. The molecule has 3 aromatic rings. The molecule has 6 heteroatoms. The van der Waals surface area contributed by atoms with Crippen molar-refractivity contribution in [2.75, 3.05) is 39.8 Å². The number of hydrogen-bond donors (Lipinski definition) is 1. The molecule has 1 unspecified atom stereocenters. The lowest BCUT2D eigenvalue weighted by molar-refractivity contribution is 0.0864. The monoisotopic (exact) mass is 439 g/mol. The minimum atomic E-state index is -0.169. The van der Waals surface area contributed by atoms with Crippen LogP contribution in [0.2, 0.25) is 5.02 Å². The third kappa shape index (κ3) is 4.64. The second-order valence-corrected chi connectivity index (χ2v) is 9.04. The number of likely N-dealkylation sites (N-methyl/N-ethyl adjacent to an activating group) is 1. The van der Waals surface area contributed by atoms with Crippen LogP contribution < -0.4 is 5.32 Å². The number of halogens is 1. The molecule has 1 atom stereocenters. The van der Waals surface area contributed by atoms with E-state index in [1.165, 1.54) is 5.56 Å². The summed E-state index contributed by atoms with van der Waals surface area (Å²) >= 11 is 6.10. The summed E-state index contributed by atoms with van der Waals surface area (Å²) in [6, 6.07) is 12.1. The van der Waals surface area contributed by atoms with E-state index in [0.29, 0.717) is 17.3 Å². The summed E-state index contributed by atoms with van der Waals surface area (Å²) in [6.07, 6.45) is 0. The molecule has 0 saturated carbocycles. The highest BCUT2D eigenvalue weighted by Crippen LogP contribution is 2.28. The van der Waals surface area contributed by atoms with Gasteiger partial charge in [-0.05, 0) is 68.8 Å². The van der Waals surface area contributed by atoms with Crippen LogP contribution in [-0.4, -0.2) is 55.5 Å². The maximum atomic E-state index is 13.1. The van der Waals surface area contributed by atoms with Crippen LogP contribution in [0.15, 0.2) is 40.8 Å². The Kier molecular flexibility index (Phi) is 6.37. The Labute approximate surface area is 189 Å². The van der Waals surface area contributed by atoms with Crippen LogP contribution in [-0.2, 0) is 0 Å². The van der Waals surface area contributed by atoms with Crippen LogP contribution in [0, 0.1) is 20.8 Å². The summed E-state index contributed by atoms with van der Waals surface area (Å²) in [5.41, 5.74) is 5.16. The lowest BCUT2D eigenvalue weighted by Gasteiger charge is -2.38. The number of carbonyl (C=O) groups excluding carboxylic acids is 1. The average Bonchev–Trinajstić information content (AvgIpc) is 3.06. The number of nitrogens with one attached hydrogen (secondary N) is 1. The second-order valence-electron chi connectivity index (χ2n) is 8.61. The fourth-order valence-electron chi connectivity index (χ4n) is 4.24. The molecule has 1 aliphatic rings. The molecule has 0 bridgehead atoms. The quantitative estimate of drug-likeness (QED) is 0.624. The molecular formula is C25H30ClN3O2. The fraction of sp³-hybridized carbons (Fsp3) is 0.400. The Morgan fingerprint density at radius 1 is 1.06 bits per heavy atom. The molecule has 2 aromatic carbocycles. The van der Waals surface area contributed by atoms with Gasteiger partial charge in [0.1, 0.15) is 5.58 Å². The van der Waals surface area contributed by atoms with Gasteiger partial charge in [-0.3, -0.25) is 9.69 Å². The average molecular weight is 440 g/mol. The highest BCUT2D eigenvalue weighted by atomic mass is 35.5. The number of carbonyl (C=O) groups is 1. The zero-order valence-electron chi connectivity index (χ0n) is 18.7. The molecule has 1 aromatic heterocycles. The number of furan rings is 1. The van der Waals surface area contributed by atoms with E-state index in [0.717, 1.165) is 53.8 Å². The predicted molar refractivity (Wildman–Crippen MR) is 126 cm³/mol. The predicted octanol–water partition coefficient (Wildman–Crippen LogP) is 4.73. The molecule has 0 radical (unpaired) electrons. The zero-order valence-corrected chi connectivity index (χ0v) is 19.4. The summed E-state index contributed by atoms with van der Waals surface area (Å²) in [5.74, 6) is 0.227. The van der Waals surface area contributed by atoms with E-state index in [-0.39, 0.29) is 11.9 Å². The van der Waals surface area contributed by atoms with Crippen molar-refractivity contribution in [2.45, 2.75) is 26.8 Å². The Morgan fingerprint density at radius 3 is 2.39 bits per heavy atom. The van der Waals surface area contributed by atoms with Gasteiger partial charge in [0.15, 0.2) is 5.76 Å². The molecule has 164 valence electrons. The molecule has 1 fully saturated rings. The normalized spacial score (nSPS) is 16.5. The molecule has 31 heavy (non-hydrogen) atoms. The zero-order chi connectivity index (χ0) is 22.1. The Morgan fingerprint density at radius 2 is 1.71 bits per heavy atom. The van der Waals surface area contributed by atoms with Crippen molar-refractivity contribution in [1.29, 1.82) is 0 Å². The van der Waals surface area contributed by atoms with E-state index < -0.39 is 0 Å².